The van der Waals surface area contributed by atoms with Gasteiger partial charge < -0.3 is 14.6 Å². The van der Waals surface area contributed by atoms with Crippen LogP contribution in [0.15, 0.2) is 54.9 Å². The fourth-order valence-corrected chi connectivity index (χ4v) is 4.30. The molecule has 0 spiro atoms. The molecule has 138 valence electrons. The lowest BCUT2D eigenvalue weighted by atomic mass is 10.2. The normalized spacial score (nSPS) is 14.9. The molecule has 1 N–H and O–H groups in total. The molecule has 0 amide bonds. The van der Waals surface area contributed by atoms with E-state index in [1.165, 1.54) is 29.4 Å². The molecule has 1 fully saturated rings. The van der Waals surface area contributed by atoms with Crippen molar-refractivity contribution in [2.24, 2.45) is 0 Å². The van der Waals surface area contributed by atoms with Gasteiger partial charge in [-0.2, -0.15) is 0 Å². The molecule has 0 atom stereocenters. The van der Waals surface area contributed by atoms with Crippen LogP contribution in [0.3, 0.4) is 0 Å². The molecule has 1 aliphatic heterocycles. The Balaban J connectivity index is 1.60. The van der Waals surface area contributed by atoms with Crippen molar-refractivity contribution in [3.8, 4) is 11.6 Å². The van der Waals surface area contributed by atoms with E-state index in [1.54, 1.807) is 0 Å². The second kappa shape index (κ2) is 6.08. The summed E-state index contributed by atoms with van der Waals surface area (Å²) in [5.74, 6) is 0.314. The maximum absolute atomic E-state index is 10.9. The standard InChI is InChI=1S/C23H25N3O/c1-16(2)25-12-9-17-13-20(7-8-22(17)25)26-15-18-5-6-19(14-21(18)23(26)27)24-10-3-4-11-24/h5-9,12-16,27H,3-4,10-11H2,1-2H3. The number of aromatic hydroxyl groups is 1. The highest BCUT2D eigenvalue weighted by molar-refractivity contribution is 5.92. The molecular formula is C23H25N3O. The lowest BCUT2D eigenvalue weighted by Gasteiger charge is -2.17. The van der Waals surface area contributed by atoms with E-state index in [9.17, 15) is 5.11 Å². The molecule has 0 aliphatic carbocycles. The van der Waals surface area contributed by atoms with Gasteiger partial charge in [0.15, 0.2) is 0 Å². The minimum Gasteiger partial charge on any atom is -0.494 e. The highest BCUT2D eigenvalue weighted by atomic mass is 16.3. The number of anilines is 1. The Morgan fingerprint density at radius 3 is 2.44 bits per heavy atom. The molecular weight excluding hydrogens is 334 g/mol. The highest BCUT2D eigenvalue weighted by Gasteiger charge is 2.16. The summed E-state index contributed by atoms with van der Waals surface area (Å²) in [6.07, 6.45) is 6.66. The van der Waals surface area contributed by atoms with Crippen molar-refractivity contribution >= 4 is 27.4 Å². The third-order valence-electron chi connectivity index (χ3n) is 5.78. The second-order valence-corrected chi connectivity index (χ2v) is 7.85. The minimum atomic E-state index is 0.314. The Morgan fingerprint density at radius 1 is 0.889 bits per heavy atom. The largest absolute Gasteiger partial charge is 0.494 e. The lowest BCUT2D eigenvalue weighted by molar-refractivity contribution is 0.448. The number of nitrogens with zero attached hydrogens (tertiary/aromatic N) is 3. The van der Waals surface area contributed by atoms with Gasteiger partial charge in [0.05, 0.1) is 0 Å². The van der Waals surface area contributed by atoms with Gasteiger partial charge in [0.2, 0.25) is 5.88 Å². The predicted molar refractivity (Wildman–Crippen MR) is 112 cm³/mol. The summed E-state index contributed by atoms with van der Waals surface area (Å²) >= 11 is 0. The summed E-state index contributed by atoms with van der Waals surface area (Å²) < 4.78 is 4.16. The van der Waals surface area contributed by atoms with E-state index < -0.39 is 0 Å². The zero-order valence-corrected chi connectivity index (χ0v) is 15.9. The number of fused-ring (bicyclic) bond motifs is 2. The van der Waals surface area contributed by atoms with E-state index in [2.05, 4.69) is 72.0 Å². The van der Waals surface area contributed by atoms with E-state index in [0.29, 0.717) is 11.9 Å². The van der Waals surface area contributed by atoms with Crippen molar-refractivity contribution in [3.63, 3.8) is 0 Å². The smallest absolute Gasteiger partial charge is 0.203 e. The highest BCUT2D eigenvalue weighted by Crippen LogP contribution is 2.35. The van der Waals surface area contributed by atoms with Gasteiger partial charge in [-0.15, -0.1) is 0 Å². The van der Waals surface area contributed by atoms with Crippen LogP contribution in [0.5, 0.6) is 5.88 Å². The molecule has 27 heavy (non-hydrogen) atoms. The molecule has 4 aromatic rings. The van der Waals surface area contributed by atoms with Crippen molar-refractivity contribution in [2.45, 2.75) is 32.7 Å². The molecule has 3 heterocycles. The molecule has 5 rings (SSSR count). The topological polar surface area (TPSA) is 33.3 Å². The minimum absolute atomic E-state index is 0.314. The lowest BCUT2D eigenvalue weighted by Crippen LogP contribution is -2.17. The van der Waals surface area contributed by atoms with E-state index in [1.807, 2.05) is 10.8 Å². The number of hydrogen-bond donors (Lipinski definition) is 1. The van der Waals surface area contributed by atoms with Crippen LogP contribution in [-0.4, -0.2) is 27.3 Å². The zero-order valence-electron chi connectivity index (χ0n) is 15.9. The average molecular weight is 359 g/mol. The maximum atomic E-state index is 10.9. The Kier molecular flexibility index (Phi) is 3.67. The molecule has 2 aromatic heterocycles. The Morgan fingerprint density at radius 2 is 1.67 bits per heavy atom. The molecule has 4 nitrogen and oxygen atoms in total. The van der Waals surface area contributed by atoms with Crippen LogP contribution in [0, 0.1) is 0 Å². The molecule has 2 aromatic carbocycles. The van der Waals surface area contributed by atoms with Gasteiger partial charge in [-0.3, -0.25) is 4.57 Å². The van der Waals surface area contributed by atoms with Gasteiger partial charge in [-0.1, -0.05) is 6.07 Å². The van der Waals surface area contributed by atoms with Crippen molar-refractivity contribution in [1.82, 2.24) is 9.13 Å². The first-order chi connectivity index (χ1) is 13.1. The van der Waals surface area contributed by atoms with E-state index in [0.717, 1.165) is 29.5 Å². The van der Waals surface area contributed by atoms with E-state index >= 15 is 0 Å². The monoisotopic (exact) mass is 359 g/mol. The third kappa shape index (κ3) is 2.59. The Bertz CT molecular complexity index is 1130. The van der Waals surface area contributed by atoms with E-state index in [-0.39, 0.29) is 0 Å². The van der Waals surface area contributed by atoms with Gasteiger partial charge in [0.25, 0.3) is 0 Å². The quantitative estimate of drug-likeness (QED) is 0.526. The van der Waals surface area contributed by atoms with Crippen molar-refractivity contribution in [2.75, 3.05) is 18.0 Å². The van der Waals surface area contributed by atoms with Crippen LogP contribution in [0.25, 0.3) is 27.4 Å². The van der Waals surface area contributed by atoms with Crippen LogP contribution in [0.4, 0.5) is 5.69 Å². The number of hydrogen-bond acceptors (Lipinski definition) is 2. The number of aromatic nitrogens is 2. The van der Waals surface area contributed by atoms with Crippen molar-refractivity contribution in [3.05, 3.63) is 54.9 Å². The van der Waals surface area contributed by atoms with Gasteiger partial charge >= 0.3 is 0 Å². The van der Waals surface area contributed by atoms with Gasteiger partial charge in [0.1, 0.15) is 0 Å². The second-order valence-electron chi connectivity index (χ2n) is 7.85. The first-order valence-corrected chi connectivity index (χ1v) is 9.82. The summed E-state index contributed by atoms with van der Waals surface area (Å²) in [4.78, 5) is 2.40. The fraction of sp³-hybridized carbons (Fsp3) is 0.304. The number of rotatable bonds is 3. The maximum Gasteiger partial charge on any atom is 0.203 e. The first-order valence-electron chi connectivity index (χ1n) is 9.82. The fourth-order valence-electron chi connectivity index (χ4n) is 4.30. The number of benzene rings is 2. The average Bonchev–Trinajstić information content (AvgIpc) is 3.40. The molecule has 1 saturated heterocycles. The van der Waals surface area contributed by atoms with Crippen LogP contribution < -0.4 is 4.90 Å². The molecule has 4 heteroatoms. The summed E-state index contributed by atoms with van der Waals surface area (Å²) in [7, 11) is 0. The molecule has 0 unspecified atom stereocenters. The van der Waals surface area contributed by atoms with Gasteiger partial charge in [0, 0.05) is 64.6 Å². The third-order valence-corrected chi connectivity index (χ3v) is 5.78. The SMILES string of the molecule is CC(C)n1ccc2cc(-n3cc4ccc(N5CCCC5)cc4c3O)ccc21. The van der Waals surface area contributed by atoms with Crippen LogP contribution >= 0.6 is 0 Å². The molecule has 0 saturated carbocycles. The van der Waals surface area contributed by atoms with Crippen molar-refractivity contribution in [1.29, 1.82) is 0 Å². The molecule has 1 aliphatic rings. The summed E-state index contributed by atoms with van der Waals surface area (Å²) in [5.41, 5.74) is 3.42. The molecule has 0 bridgehead atoms. The Labute approximate surface area is 159 Å². The zero-order chi connectivity index (χ0) is 18.5. The van der Waals surface area contributed by atoms with Gasteiger partial charge in [-0.05, 0) is 63.1 Å². The summed E-state index contributed by atoms with van der Waals surface area (Å²) in [5, 5.41) is 14.1. The Hall–Kier alpha value is -2.88. The van der Waals surface area contributed by atoms with E-state index in [4.69, 9.17) is 0 Å². The van der Waals surface area contributed by atoms with Crippen LogP contribution in [0.1, 0.15) is 32.7 Å². The first kappa shape index (κ1) is 16.3. The van der Waals surface area contributed by atoms with Crippen LogP contribution in [0.2, 0.25) is 0 Å². The van der Waals surface area contributed by atoms with Crippen molar-refractivity contribution < 1.29 is 5.11 Å². The predicted octanol–water partition coefficient (Wildman–Crippen LogP) is 5.47. The van der Waals surface area contributed by atoms with Gasteiger partial charge in [-0.25, -0.2) is 0 Å². The molecule has 0 radical (unpaired) electrons. The van der Waals surface area contributed by atoms with Crippen LogP contribution in [-0.2, 0) is 0 Å². The summed E-state index contributed by atoms with van der Waals surface area (Å²) in [6, 6.07) is 15.4. The summed E-state index contributed by atoms with van der Waals surface area (Å²) in [6.45, 7) is 6.60.